The summed E-state index contributed by atoms with van der Waals surface area (Å²) in [5, 5.41) is 2.58. The zero-order chi connectivity index (χ0) is 18.2. The first kappa shape index (κ1) is 17.9. The lowest BCUT2D eigenvalue weighted by Gasteiger charge is -2.06. The normalized spacial score (nSPS) is 10.3. The molecule has 6 nitrogen and oxygen atoms in total. The van der Waals surface area contributed by atoms with Gasteiger partial charge in [-0.2, -0.15) is 0 Å². The molecule has 0 bridgehead atoms. The average Bonchev–Trinajstić information content (AvgIpc) is 2.59. The second kappa shape index (κ2) is 8.39. The van der Waals surface area contributed by atoms with Crippen LogP contribution in [0.25, 0.3) is 6.08 Å². The summed E-state index contributed by atoms with van der Waals surface area (Å²) >= 11 is 0. The quantitative estimate of drug-likeness (QED) is 0.589. The fraction of sp³-hybridized carbons (Fsp3) is 0.0556. The van der Waals surface area contributed by atoms with Crippen LogP contribution in [0.15, 0.2) is 54.6 Å². The Morgan fingerprint density at radius 2 is 1.56 bits per heavy atom. The van der Waals surface area contributed by atoms with Gasteiger partial charge in [0.15, 0.2) is 0 Å². The lowest BCUT2D eigenvalue weighted by Crippen LogP contribution is -2.40. The highest BCUT2D eigenvalue weighted by Crippen LogP contribution is 2.09. The predicted molar refractivity (Wildman–Crippen MR) is 91.8 cm³/mol. The number of rotatable bonds is 4. The Bertz CT molecular complexity index is 799. The molecule has 3 N–H and O–H groups in total. The van der Waals surface area contributed by atoms with Gasteiger partial charge in [0.2, 0.25) is 5.91 Å². The van der Waals surface area contributed by atoms with E-state index in [1.807, 2.05) is 0 Å². The monoisotopic (exact) mass is 341 g/mol. The number of hydrazine groups is 1. The first-order chi connectivity index (χ1) is 11.9. The highest BCUT2D eigenvalue weighted by atomic mass is 19.1. The van der Waals surface area contributed by atoms with Crippen LogP contribution >= 0.6 is 0 Å². The molecule has 3 amide bonds. The standard InChI is InChI=1S/C18H16FN3O3/c1-12(23)20-16-9-5-14(6-10-16)18(25)22-21-17(24)11-4-13-2-7-15(19)8-3-13/h2-11H,1H3,(H,20,23)(H,21,24)(H,22,25). The maximum atomic E-state index is 12.8. The largest absolute Gasteiger partial charge is 0.326 e. The molecular formula is C18H16FN3O3. The van der Waals surface area contributed by atoms with E-state index >= 15 is 0 Å². The Hall–Kier alpha value is -3.48. The summed E-state index contributed by atoms with van der Waals surface area (Å²) in [6.07, 6.45) is 2.70. The molecule has 0 atom stereocenters. The van der Waals surface area contributed by atoms with Crippen LogP contribution in [0.1, 0.15) is 22.8 Å². The number of benzene rings is 2. The molecule has 0 unspecified atom stereocenters. The summed E-state index contributed by atoms with van der Waals surface area (Å²) in [6, 6.07) is 11.8. The number of halogens is 1. The zero-order valence-electron chi connectivity index (χ0n) is 13.4. The van der Waals surface area contributed by atoms with Crippen LogP contribution in [0.5, 0.6) is 0 Å². The molecule has 2 aromatic rings. The Morgan fingerprint density at radius 3 is 2.16 bits per heavy atom. The van der Waals surface area contributed by atoms with E-state index in [1.165, 1.54) is 55.5 Å². The van der Waals surface area contributed by atoms with E-state index in [1.54, 1.807) is 12.1 Å². The van der Waals surface area contributed by atoms with Gasteiger partial charge < -0.3 is 5.32 Å². The second-order valence-electron chi connectivity index (χ2n) is 5.09. The minimum absolute atomic E-state index is 0.211. The van der Waals surface area contributed by atoms with Crippen molar-refractivity contribution in [2.75, 3.05) is 5.32 Å². The van der Waals surface area contributed by atoms with Crippen molar-refractivity contribution in [3.8, 4) is 0 Å². The van der Waals surface area contributed by atoms with Gasteiger partial charge in [-0.3, -0.25) is 25.2 Å². The van der Waals surface area contributed by atoms with Crippen LogP contribution in [0.3, 0.4) is 0 Å². The van der Waals surface area contributed by atoms with E-state index in [0.29, 0.717) is 16.8 Å². The van der Waals surface area contributed by atoms with Crippen molar-refractivity contribution in [1.29, 1.82) is 0 Å². The number of nitrogens with one attached hydrogen (secondary N) is 3. The lowest BCUT2D eigenvalue weighted by molar-refractivity contribution is -0.117. The average molecular weight is 341 g/mol. The Balaban J connectivity index is 1.85. The summed E-state index contributed by atoms with van der Waals surface area (Å²) in [5.41, 5.74) is 6.04. The van der Waals surface area contributed by atoms with Crippen molar-refractivity contribution in [3.63, 3.8) is 0 Å². The van der Waals surface area contributed by atoms with Crippen molar-refractivity contribution in [2.24, 2.45) is 0 Å². The van der Waals surface area contributed by atoms with Gasteiger partial charge in [-0.15, -0.1) is 0 Å². The molecule has 0 saturated heterocycles. The van der Waals surface area contributed by atoms with Crippen LogP contribution in [-0.2, 0) is 9.59 Å². The van der Waals surface area contributed by atoms with Crippen LogP contribution in [0.2, 0.25) is 0 Å². The smallest absolute Gasteiger partial charge is 0.269 e. The molecule has 0 heterocycles. The summed E-state index contributed by atoms with van der Waals surface area (Å²) < 4.78 is 12.8. The highest BCUT2D eigenvalue weighted by molar-refractivity contribution is 5.98. The fourth-order valence-corrected chi connectivity index (χ4v) is 1.89. The number of hydrogen-bond acceptors (Lipinski definition) is 3. The molecule has 0 aliphatic heterocycles. The number of anilines is 1. The first-order valence-electron chi connectivity index (χ1n) is 7.35. The van der Waals surface area contributed by atoms with Gasteiger partial charge in [0.05, 0.1) is 0 Å². The molecule has 2 aromatic carbocycles. The number of amides is 3. The molecule has 2 rings (SSSR count). The van der Waals surface area contributed by atoms with Crippen molar-refractivity contribution in [2.45, 2.75) is 6.92 Å². The second-order valence-corrected chi connectivity index (χ2v) is 5.09. The zero-order valence-corrected chi connectivity index (χ0v) is 13.4. The van der Waals surface area contributed by atoms with Crippen LogP contribution in [0, 0.1) is 5.82 Å². The van der Waals surface area contributed by atoms with Crippen LogP contribution < -0.4 is 16.2 Å². The summed E-state index contributed by atoms with van der Waals surface area (Å²) in [5.74, 6) is -1.61. The third kappa shape index (κ3) is 5.91. The van der Waals surface area contributed by atoms with Crippen molar-refractivity contribution >= 4 is 29.5 Å². The van der Waals surface area contributed by atoms with Crippen molar-refractivity contribution in [1.82, 2.24) is 10.9 Å². The van der Waals surface area contributed by atoms with Gasteiger partial charge in [0.1, 0.15) is 5.82 Å². The van der Waals surface area contributed by atoms with Gasteiger partial charge in [0.25, 0.3) is 11.8 Å². The highest BCUT2D eigenvalue weighted by Gasteiger charge is 2.06. The topological polar surface area (TPSA) is 87.3 Å². The molecule has 128 valence electrons. The maximum absolute atomic E-state index is 12.8. The van der Waals surface area contributed by atoms with E-state index in [2.05, 4.69) is 16.2 Å². The van der Waals surface area contributed by atoms with E-state index in [9.17, 15) is 18.8 Å². The first-order valence-corrected chi connectivity index (χ1v) is 7.35. The maximum Gasteiger partial charge on any atom is 0.269 e. The van der Waals surface area contributed by atoms with Gasteiger partial charge in [-0.05, 0) is 48.0 Å². The summed E-state index contributed by atoms with van der Waals surface area (Å²) in [6.45, 7) is 1.38. The van der Waals surface area contributed by atoms with Gasteiger partial charge in [-0.25, -0.2) is 4.39 Å². The Labute approximate surface area is 143 Å². The molecule has 0 spiro atoms. The number of hydrogen-bond donors (Lipinski definition) is 3. The Morgan fingerprint density at radius 1 is 0.920 bits per heavy atom. The van der Waals surface area contributed by atoms with E-state index in [-0.39, 0.29) is 11.7 Å². The molecule has 0 fully saturated rings. The predicted octanol–water partition coefficient (Wildman–Crippen LogP) is 2.26. The lowest BCUT2D eigenvalue weighted by atomic mass is 10.2. The summed E-state index contributed by atoms with van der Waals surface area (Å²) in [4.78, 5) is 34.5. The van der Waals surface area contributed by atoms with Gasteiger partial charge in [0, 0.05) is 24.3 Å². The molecule has 0 aromatic heterocycles. The van der Waals surface area contributed by atoms with E-state index in [4.69, 9.17) is 0 Å². The van der Waals surface area contributed by atoms with Crippen molar-refractivity contribution < 1.29 is 18.8 Å². The van der Waals surface area contributed by atoms with E-state index < -0.39 is 11.8 Å². The van der Waals surface area contributed by atoms with Crippen molar-refractivity contribution in [3.05, 3.63) is 71.6 Å². The Kier molecular flexibility index (Phi) is 6.00. The molecular weight excluding hydrogens is 325 g/mol. The molecule has 0 radical (unpaired) electrons. The number of carbonyl (C=O) groups excluding carboxylic acids is 3. The molecule has 0 aliphatic rings. The molecule has 7 heteroatoms. The molecule has 0 aliphatic carbocycles. The van der Waals surface area contributed by atoms with Gasteiger partial charge in [-0.1, -0.05) is 12.1 Å². The third-order valence-electron chi connectivity index (χ3n) is 3.06. The molecule has 25 heavy (non-hydrogen) atoms. The minimum atomic E-state index is -0.535. The van der Waals surface area contributed by atoms with Crippen LogP contribution in [-0.4, -0.2) is 17.7 Å². The minimum Gasteiger partial charge on any atom is -0.326 e. The fourth-order valence-electron chi connectivity index (χ4n) is 1.89. The number of carbonyl (C=O) groups is 3. The molecule has 0 saturated carbocycles. The third-order valence-corrected chi connectivity index (χ3v) is 3.06. The van der Waals surface area contributed by atoms with Crippen LogP contribution in [0.4, 0.5) is 10.1 Å². The summed E-state index contributed by atoms with van der Waals surface area (Å²) in [7, 11) is 0. The SMILES string of the molecule is CC(=O)Nc1ccc(C(=O)NNC(=O)C=Cc2ccc(F)cc2)cc1. The van der Waals surface area contributed by atoms with E-state index in [0.717, 1.165) is 0 Å². The van der Waals surface area contributed by atoms with Gasteiger partial charge >= 0.3 is 0 Å².